The van der Waals surface area contributed by atoms with Crippen molar-refractivity contribution in [2.75, 3.05) is 6.79 Å². The summed E-state index contributed by atoms with van der Waals surface area (Å²) in [6.45, 7) is 1.12. The van der Waals surface area contributed by atoms with E-state index in [1.54, 1.807) is 0 Å². The van der Waals surface area contributed by atoms with Crippen molar-refractivity contribution in [1.82, 2.24) is 5.32 Å². The van der Waals surface area contributed by atoms with Crippen LogP contribution in [0.5, 0.6) is 11.5 Å². The molecule has 4 rings (SSSR count). The molecule has 108 valence electrons. The molecule has 0 aromatic heterocycles. The van der Waals surface area contributed by atoms with Crippen LogP contribution in [0.3, 0.4) is 0 Å². The number of nitrogens with one attached hydrogen (secondary N) is 1. The number of fused-ring (bicyclic) bond motifs is 2. The lowest BCUT2D eigenvalue weighted by Gasteiger charge is -2.15. The SMILES string of the molecule is Brc1cccc2c1CCC2NCc1cccc2c1OCO2. The van der Waals surface area contributed by atoms with Gasteiger partial charge in [0.25, 0.3) is 0 Å². The van der Waals surface area contributed by atoms with Crippen molar-refractivity contribution in [3.63, 3.8) is 0 Å². The molecule has 4 heteroatoms. The summed E-state index contributed by atoms with van der Waals surface area (Å²) < 4.78 is 12.2. The summed E-state index contributed by atoms with van der Waals surface area (Å²) in [6.07, 6.45) is 2.27. The van der Waals surface area contributed by atoms with Gasteiger partial charge >= 0.3 is 0 Å². The van der Waals surface area contributed by atoms with Crippen LogP contribution in [0.25, 0.3) is 0 Å². The predicted octanol–water partition coefficient (Wildman–Crippen LogP) is 3.95. The van der Waals surface area contributed by atoms with Gasteiger partial charge in [-0.05, 0) is 36.1 Å². The first kappa shape index (κ1) is 13.2. The van der Waals surface area contributed by atoms with Crippen LogP contribution in [0.1, 0.15) is 29.2 Å². The lowest BCUT2D eigenvalue weighted by Crippen LogP contribution is -2.18. The fourth-order valence-corrected chi connectivity index (χ4v) is 3.76. The van der Waals surface area contributed by atoms with Crippen molar-refractivity contribution in [2.24, 2.45) is 0 Å². The molecule has 3 nitrogen and oxygen atoms in total. The van der Waals surface area contributed by atoms with Gasteiger partial charge in [0.1, 0.15) is 0 Å². The van der Waals surface area contributed by atoms with Crippen molar-refractivity contribution in [3.05, 3.63) is 57.6 Å². The van der Waals surface area contributed by atoms with Crippen molar-refractivity contribution >= 4 is 15.9 Å². The number of hydrogen-bond acceptors (Lipinski definition) is 3. The van der Waals surface area contributed by atoms with Gasteiger partial charge in [0.15, 0.2) is 11.5 Å². The lowest BCUT2D eigenvalue weighted by molar-refractivity contribution is 0.173. The number of para-hydroxylation sites is 1. The van der Waals surface area contributed by atoms with E-state index in [0.29, 0.717) is 12.8 Å². The van der Waals surface area contributed by atoms with Crippen molar-refractivity contribution < 1.29 is 9.47 Å². The first-order valence-corrected chi connectivity index (χ1v) is 8.00. The highest BCUT2D eigenvalue weighted by atomic mass is 79.9. The maximum atomic E-state index is 5.56. The van der Waals surface area contributed by atoms with E-state index in [-0.39, 0.29) is 0 Å². The molecular formula is C17H16BrNO2. The molecule has 0 saturated carbocycles. The highest BCUT2D eigenvalue weighted by molar-refractivity contribution is 9.10. The quantitative estimate of drug-likeness (QED) is 0.913. The second-order valence-electron chi connectivity index (χ2n) is 5.43. The van der Waals surface area contributed by atoms with Crippen LogP contribution in [0.2, 0.25) is 0 Å². The molecule has 1 aliphatic carbocycles. The van der Waals surface area contributed by atoms with Gasteiger partial charge in [0.05, 0.1) is 0 Å². The topological polar surface area (TPSA) is 30.5 Å². The van der Waals surface area contributed by atoms with E-state index in [1.807, 2.05) is 12.1 Å². The molecule has 1 heterocycles. The van der Waals surface area contributed by atoms with Gasteiger partial charge in [0.2, 0.25) is 6.79 Å². The first-order chi connectivity index (χ1) is 10.3. The van der Waals surface area contributed by atoms with E-state index in [1.165, 1.54) is 15.6 Å². The van der Waals surface area contributed by atoms with E-state index in [4.69, 9.17) is 9.47 Å². The third-order valence-electron chi connectivity index (χ3n) is 4.23. The van der Waals surface area contributed by atoms with E-state index in [2.05, 4.69) is 45.5 Å². The molecule has 0 fully saturated rings. The Hall–Kier alpha value is -1.52. The minimum absolute atomic E-state index is 0.325. The Morgan fingerprint density at radius 2 is 2.05 bits per heavy atom. The van der Waals surface area contributed by atoms with Gasteiger partial charge in [0, 0.05) is 22.6 Å². The number of rotatable bonds is 3. The summed E-state index contributed by atoms with van der Waals surface area (Å²) in [5, 5.41) is 3.65. The normalized spacial score (nSPS) is 18.8. The van der Waals surface area contributed by atoms with Gasteiger partial charge in [-0.1, -0.05) is 40.2 Å². The number of ether oxygens (including phenoxy) is 2. The van der Waals surface area contributed by atoms with E-state index in [0.717, 1.165) is 36.4 Å². The minimum atomic E-state index is 0.325. The Balaban J connectivity index is 1.52. The first-order valence-electron chi connectivity index (χ1n) is 7.21. The molecule has 1 N–H and O–H groups in total. The van der Waals surface area contributed by atoms with Crippen LogP contribution in [-0.4, -0.2) is 6.79 Å². The highest BCUT2D eigenvalue weighted by Gasteiger charge is 2.24. The average molecular weight is 346 g/mol. The molecule has 0 amide bonds. The molecule has 0 spiro atoms. The fraction of sp³-hybridized carbons (Fsp3) is 0.294. The monoisotopic (exact) mass is 345 g/mol. The number of halogens is 1. The predicted molar refractivity (Wildman–Crippen MR) is 84.6 cm³/mol. The second kappa shape index (κ2) is 5.35. The number of benzene rings is 2. The van der Waals surface area contributed by atoms with Gasteiger partial charge in [-0.2, -0.15) is 0 Å². The van der Waals surface area contributed by atoms with Crippen LogP contribution in [0.4, 0.5) is 0 Å². The zero-order valence-electron chi connectivity index (χ0n) is 11.6. The van der Waals surface area contributed by atoms with E-state index >= 15 is 0 Å². The van der Waals surface area contributed by atoms with Crippen LogP contribution in [-0.2, 0) is 13.0 Å². The van der Waals surface area contributed by atoms with Crippen LogP contribution < -0.4 is 14.8 Å². The fourth-order valence-electron chi connectivity index (χ4n) is 3.18. The zero-order valence-corrected chi connectivity index (χ0v) is 13.2. The van der Waals surface area contributed by atoms with Crippen LogP contribution in [0.15, 0.2) is 40.9 Å². The number of hydrogen-bond donors (Lipinski definition) is 1. The third-order valence-corrected chi connectivity index (χ3v) is 4.97. The molecule has 2 aromatic rings. The second-order valence-corrected chi connectivity index (χ2v) is 6.29. The summed E-state index contributed by atoms with van der Waals surface area (Å²) in [7, 11) is 0. The molecule has 1 aliphatic heterocycles. The summed E-state index contributed by atoms with van der Waals surface area (Å²) in [6, 6.07) is 12.9. The van der Waals surface area contributed by atoms with Gasteiger partial charge < -0.3 is 14.8 Å². The molecule has 1 atom stereocenters. The molecule has 2 aromatic carbocycles. The molecule has 0 radical (unpaired) electrons. The van der Waals surface area contributed by atoms with Gasteiger partial charge in [-0.15, -0.1) is 0 Å². The maximum absolute atomic E-state index is 5.56. The molecular weight excluding hydrogens is 330 g/mol. The minimum Gasteiger partial charge on any atom is -0.454 e. The smallest absolute Gasteiger partial charge is 0.231 e. The van der Waals surface area contributed by atoms with Crippen LogP contribution in [0, 0.1) is 0 Å². The average Bonchev–Trinajstić information content (AvgIpc) is 3.12. The summed E-state index contributed by atoms with van der Waals surface area (Å²) in [5.74, 6) is 1.74. The Bertz CT molecular complexity index is 686. The van der Waals surface area contributed by atoms with Crippen LogP contribution >= 0.6 is 15.9 Å². The van der Waals surface area contributed by atoms with E-state index in [9.17, 15) is 0 Å². The summed E-state index contributed by atoms with van der Waals surface area (Å²) in [4.78, 5) is 0. The molecule has 0 bridgehead atoms. The standard InChI is InChI=1S/C17H16BrNO2/c18-14-5-2-4-13-12(14)7-8-15(13)19-9-11-3-1-6-16-17(11)21-10-20-16/h1-6,15,19H,7-10H2. The Kier molecular flexibility index (Phi) is 3.36. The zero-order chi connectivity index (χ0) is 14.2. The van der Waals surface area contributed by atoms with Crippen molar-refractivity contribution in [3.8, 4) is 11.5 Å². The maximum Gasteiger partial charge on any atom is 0.231 e. The largest absolute Gasteiger partial charge is 0.454 e. The Labute approximate surface area is 132 Å². The third kappa shape index (κ3) is 2.32. The molecule has 2 aliphatic rings. The summed E-state index contributed by atoms with van der Waals surface area (Å²) in [5.41, 5.74) is 4.01. The lowest BCUT2D eigenvalue weighted by atomic mass is 10.1. The summed E-state index contributed by atoms with van der Waals surface area (Å²) >= 11 is 3.65. The Morgan fingerprint density at radius 3 is 3.00 bits per heavy atom. The van der Waals surface area contributed by atoms with Crippen molar-refractivity contribution in [1.29, 1.82) is 0 Å². The molecule has 0 saturated heterocycles. The molecule has 1 unspecified atom stereocenters. The Morgan fingerprint density at radius 1 is 1.14 bits per heavy atom. The van der Waals surface area contributed by atoms with E-state index < -0.39 is 0 Å². The van der Waals surface area contributed by atoms with Crippen molar-refractivity contribution in [2.45, 2.75) is 25.4 Å². The highest BCUT2D eigenvalue weighted by Crippen LogP contribution is 2.38. The van der Waals surface area contributed by atoms with Gasteiger partial charge in [-0.25, -0.2) is 0 Å². The van der Waals surface area contributed by atoms with Gasteiger partial charge in [-0.3, -0.25) is 0 Å². The molecule has 21 heavy (non-hydrogen) atoms.